The summed E-state index contributed by atoms with van der Waals surface area (Å²) in [5.74, 6) is -17.6. The Kier molecular flexibility index (Phi) is 34.7. The summed E-state index contributed by atoms with van der Waals surface area (Å²) in [5.41, 5.74) is 22.9. The van der Waals surface area contributed by atoms with E-state index in [0.717, 1.165) is 6.92 Å². The van der Waals surface area contributed by atoms with Crippen molar-refractivity contribution in [1.29, 1.82) is 0 Å². The van der Waals surface area contributed by atoms with Crippen molar-refractivity contribution in [2.24, 2.45) is 57.5 Å². The van der Waals surface area contributed by atoms with Crippen molar-refractivity contribution in [1.82, 2.24) is 53.2 Å². The zero-order chi connectivity index (χ0) is 74.5. The maximum Gasteiger partial charge on any atom is 0.411 e. The third kappa shape index (κ3) is 28.1. The molecule has 34 nitrogen and oxygen atoms in total. The predicted molar refractivity (Wildman–Crippen MR) is 361 cm³/mol. The molecule has 12 amide bonds. The van der Waals surface area contributed by atoms with E-state index in [2.05, 4.69) is 58.2 Å². The van der Waals surface area contributed by atoms with E-state index in [0.29, 0.717) is 0 Å². The number of cyclic esters (lactones) is 1. The van der Waals surface area contributed by atoms with Crippen LogP contribution in [0.25, 0.3) is 0 Å². The van der Waals surface area contributed by atoms with Gasteiger partial charge < -0.3 is 101 Å². The Bertz CT molecular complexity index is 3100. The number of aliphatic hydroxyl groups excluding tert-OH is 3. The van der Waals surface area contributed by atoms with E-state index < -0.39 is 193 Å². The monoisotopic (exact) mass is 1390 g/mol. The molecule has 0 bridgehead atoms. The normalized spacial score (nSPS) is 23.4. The van der Waals surface area contributed by atoms with E-state index >= 15 is 19.2 Å². The summed E-state index contributed by atoms with van der Waals surface area (Å²) in [5, 5.41) is 60.6. The number of amides is 12. The van der Waals surface area contributed by atoms with Crippen LogP contribution in [0.2, 0.25) is 0 Å². The standard InChI is InChI=1S/C65H102N16O18/c1-12-35(10)45-59(92)79-46(36(11)82)58(91)71-29-44(83)77-48(51(85)53(67)86)61(94)76-43(30-98-65(97)72-38-22-17-14-18-23-38)63(96)99-52(37-20-15-13-16-21-37)49(81-57(90)42(28-33(6)7)74-54(87)39(66)26-31(2)3)62(95)80-47(50(84)34(8)9)60(93)75-41(27-32(4)5)56(89)73-40(55(88)78-45)24-19-25-70-64(68)69/h13-18,20-23,31-36,39-43,45-52,82,84-85H,12,19,24-30,66H2,1-11H3,(H2,67,86)(H,71,91)(H,72,97)(H,73,89)(H,74,87)(H,75,93)(H,76,94)(H,77,83)(H,78,88)(H,79,92)(H,80,95)(H,81,90)(H4,68,69,70)/t35-,36-,39+,40+,41-,42-,43-,45-,46-,47-,48-,49-,50+,51-,52+/m0/s1. The Morgan fingerprint density at radius 1 is 0.626 bits per heavy atom. The first-order chi connectivity index (χ1) is 46.4. The zero-order valence-electron chi connectivity index (χ0n) is 57.8. The van der Waals surface area contributed by atoms with E-state index in [1.807, 2.05) is 19.2 Å². The van der Waals surface area contributed by atoms with Gasteiger partial charge in [-0.1, -0.05) is 124 Å². The highest BCUT2D eigenvalue weighted by atomic mass is 16.6. The van der Waals surface area contributed by atoms with Crippen LogP contribution in [-0.2, 0) is 67.0 Å². The van der Waals surface area contributed by atoms with Crippen molar-refractivity contribution in [3.8, 4) is 0 Å². The molecule has 3 rings (SSSR count). The van der Waals surface area contributed by atoms with Crippen molar-refractivity contribution >= 4 is 88.7 Å². The minimum atomic E-state index is -2.64. The molecule has 34 heteroatoms. The number of primary amides is 1. The molecule has 1 aliphatic heterocycles. The summed E-state index contributed by atoms with van der Waals surface area (Å²) < 4.78 is 11.5. The Balaban J connectivity index is 2.51. The van der Waals surface area contributed by atoms with Crippen molar-refractivity contribution in [2.45, 2.75) is 200 Å². The molecular formula is C65H102N16O18. The van der Waals surface area contributed by atoms with Crippen LogP contribution in [0.5, 0.6) is 0 Å². The number of carbonyl (C=O) groups excluding carboxylic acids is 13. The lowest BCUT2D eigenvalue weighted by Crippen LogP contribution is -2.64. The van der Waals surface area contributed by atoms with Crippen LogP contribution in [0.15, 0.2) is 65.7 Å². The van der Waals surface area contributed by atoms with E-state index in [9.17, 15) is 58.5 Å². The second kappa shape index (κ2) is 41.0. The zero-order valence-corrected chi connectivity index (χ0v) is 57.8. The minimum Gasteiger partial charge on any atom is -0.453 e. The minimum absolute atomic E-state index is 0.0324. The molecule has 550 valence electrons. The molecule has 1 fully saturated rings. The Labute approximate surface area is 575 Å². The van der Waals surface area contributed by atoms with Crippen molar-refractivity contribution in [2.75, 3.05) is 25.0 Å². The lowest BCUT2D eigenvalue weighted by atomic mass is 9.95. The van der Waals surface area contributed by atoms with Crippen LogP contribution in [0.3, 0.4) is 0 Å². The largest absolute Gasteiger partial charge is 0.453 e. The number of hydrogen-bond acceptors (Lipinski definition) is 20. The lowest BCUT2D eigenvalue weighted by molar-refractivity contribution is -0.159. The quantitative estimate of drug-likeness (QED) is 0.0202. The predicted octanol–water partition coefficient (Wildman–Crippen LogP) is -3.18. The molecule has 2 aromatic carbocycles. The highest BCUT2D eigenvalue weighted by Gasteiger charge is 2.44. The van der Waals surface area contributed by atoms with Crippen LogP contribution in [0.4, 0.5) is 10.5 Å². The summed E-state index contributed by atoms with van der Waals surface area (Å²) in [4.78, 5) is 190. The number of hydrogen-bond donors (Lipinski definition) is 18. The SMILES string of the molecule is CC[C@H](C)[C@@H]1NC(=O)[C@@H](CCCN=C(N)N)NC(=O)[C@H](CC(C)C)NC(=O)[C@H]([C@H](O)C(C)C)NC(=O)[C@@H](NC(=O)[C@H](CC(C)C)NC(=O)[C@H](N)CC(C)C)[C@@H](c2ccccc2)OC(=O)[C@H](COC(=O)Nc2ccccc2)NC(=O)[C@H]([C@H](O)C(N)=O)NC(=O)CNC(=O)[C@H]([C@H](C)O)NC1=O. The molecule has 0 unspecified atom stereocenters. The van der Waals surface area contributed by atoms with Gasteiger partial charge in [0.15, 0.2) is 24.2 Å². The van der Waals surface area contributed by atoms with Gasteiger partial charge >= 0.3 is 12.1 Å². The number of anilines is 1. The highest BCUT2D eigenvalue weighted by molar-refractivity contribution is 6.00. The van der Waals surface area contributed by atoms with Gasteiger partial charge in [-0.3, -0.25) is 63.0 Å². The molecule has 1 heterocycles. The van der Waals surface area contributed by atoms with Gasteiger partial charge in [-0.25, -0.2) is 9.59 Å². The van der Waals surface area contributed by atoms with E-state index in [-0.39, 0.29) is 74.1 Å². The smallest absolute Gasteiger partial charge is 0.411 e. The molecule has 0 saturated carbocycles. The van der Waals surface area contributed by atoms with Crippen LogP contribution >= 0.6 is 0 Å². The maximum absolute atomic E-state index is 15.6. The van der Waals surface area contributed by atoms with Crippen LogP contribution in [0, 0.1) is 29.6 Å². The van der Waals surface area contributed by atoms with Gasteiger partial charge in [-0.2, -0.15) is 0 Å². The third-order valence-corrected chi connectivity index (χ3v) is 15.7. The van der Waals surface area contributed by atoms with Crippen LogP contribution in [0.1, 0.15) is 126 Å². The Morgan fingerprint density at radius 3 is 1.73 bits per heavy atom. The number of aliphatic imine (C=N–C) groups is 1. The molecule has 15 atom stereocenters. The average molecular weight is 1400 g/mol. The number of benzene rings is 2. The molecule has 0 aromatic heterocycles. The molecule has 1 aliphatic rings. The molecule has 99 heavy (non-hydrogen) atoms. The molecule has 0 radical (unpaired) electrons. The number of nitrogens with two attached hydrogens (primary N) is 4. The molecule has 0 spiro atoms. The van der Waals surface area contributed by atoms with Crippen LogP contribution in [-0.4, -0.2) is 197 Å². The third-order valence-electron chi connectivity index (χ3n) is 15.7. The van der Waals surface area contributed by atoms with E-state index in [1.165, 1.54) is 56.3 Å². The number of nitrogens with zero attached hydrogens (tertiary/aromatic N) is 1. The summed E-state index contributed by atoms with van der Waals surface area (Å²) in [6.45, 7) is 15.4. The number of esters is 1. The van der Waals surface area contributed by atoms with Gasteiger partial charge in [-0.15, -0.1) is 0 Å². The van der Waals surface area contributed by atoms with Crippen molar-refractivity contribution < 1.29 is 87.1 Å². The number of carbonyl (C=O) groups is 13. The summed E-state index contributed by atoms with van der Waals surface area (Å²) in [7, 11) is 0. The topological polar surface area (TPSA) is 550 Å². The van der Waals surface area contributed by atoms with Gasteiger partial charge in [-0.05, 0) is 86.3 Å². The fourth-order valence-electron chi connectivity index (χ4n) is 10.1. The Morgan fingerprint density at radius 2 is 1.17 bits per heavy atom. The average Bonchev–Trinajstić information content (AvgIpc) is 0.815. The van der Waals surface area contributed by atoms with Crippen molar-refractivity contribution in [3.63, 3.8) is 0 Å². The number of guanidine groups is 1. The van der Waals surface area contributed by atoms with E-state index in [4.69, 9.17) is 32.4 Å². The van der Waals surface area contributed by atoms with Gasteiger partial charge in [0.2, 0.25) is 65.0 Å². The number of aliphatic hydroxyl groups is 3. The van der Waals surface area contributed by atoms with Crippen molar-refractivity contribution in [3.05, 3.63) is 66.2 Å². The van der Waals surface area contributed by atoms with Gasteiger partial charge in [0.1, 0.15) is 54.9 Å². The fourth-order valence-corrected chi connectivity index (χ4v) is 10.1. The summed E-state index contributed by atoms with van der Waals surface area (Å²) in [6, 6.07) is -3.54. The first-order valence-electron chi connectivity index (χ1n) is 32.8. The summed E-state index contributed by atoms with van der Waals surface area (Å²) >= 11 is 0. The Hall–Kier alpha value is -9.54. The maximum atomic E-state index is 15.6. The molecule has 2 aromatic rings. The first-order valence-corrected chi connectivity index (χ1v) is 32.8. The molecule has 1 saturated heterocycles. The second-order valence-electron chi connectivity index (χ2n) is 26.0. The van der Waals surface area contributed by atoms with E-state index in [1.54, 1.807) is 59.7 Å². The number of para-hydroxylation sites is 1. The first kappa shape index (κ1) is 83.7. The number of ether oxygens (including phenoxy) is 2. The van der Waals surface area contributed by atoms with Gasteiger partial charge in [0.25, 0.3) is 0 Å². The molecular weight excluding hydrogens is 1290 g/mol. The van der Waals surface area contributed by atoms with Gasteiger partial charge in [0.05, 0.1) is 24.8 Å². The number of rotatable bonds is 25. The lowest BCUT2D eigenvalue weighted by Gasteiger charge is -2.34. The summed E-state index contributed by atoms with van der Waals surface area (Å²) in [6.07, 6.45) is -9.61. The van der Waals surface area contributed by atoms with Gasteiger partial charge in [0, 0.05) is 12.2 Å². The molecule has 0 aliphatic carbocycles. The van der Waals surface area contributed by atoms with Crippen LogP contribution < -0.4 is 81.4 Å². The molecule has 22 N–H and O–H groups in total. The highest BCUT2D eigenvalue weighted by Crippen LogP contribution is 2.25. The fraction of sp³-hybridized carbons (Fsp3) is 0.600. The number of nitrogens with one attached hydrogen (secondary N) is 11. The second-order valence-corrected chi connectivity index (χ2v) is 26.0.